The highest BCUT2D eigenvalue weighted by atomic mass is 35.5. The fourth-order valence-corrected chi connectivity index (χ4v) is 3.44. The van der Waals surface area contributed by atoms with E-state index in [2.05, 4.69) is 0 Å². The molecule has 2 rings (SSSR count). The molecule has 110 valence electrons. The number of carboxylic acids is 1. The molecule has 0 aliphatic heterocycles. The molecule has 0 fully saturated rings. The molecule has 0 aromatic heterocycles. The van der Waals surface area contributed by atoms with Gasteiger partial charge in [0.2, 0.25) is 0 Å². The van der Waals surface area contributed by atoms with Gasteiger partial charge in [-0.3, -0.25) is 9.00 Å². The summed E-state index contributed by atoms with van der Waals surface area (Å²) >= 11 is 11.7. The maximum Gasteiger partial charge on any atom is 0.307 e. The summed E-state index contributed by atoms with van der Waals surface area (Å²) < 4.78 is 12.4. The molecule has 0 bridgehead atoms. The van der Waals surface area contributed by atoms with Gasteiger partial charge in [0.05, 0.1) is 33.0 Å². The zero-order valence-corrected chi connectivity index (χ0v) is 13.2. The van der Waals surface area contributed by atoms with Crippen molar-refractivity contribution < 1.29 is 14.1 Å². The largest absolute Gasteiger partial charge is 0.481 e. The van der Waals surface area contributed by atoms with Crippen LogP contribution in [0.25, 0.3) is 0 Å². The van der Waals surface area contributed by atoms with Crippen LogP contribution in [0.3, 0.4) is 0 Å². The second-order valence-electron chi connectivity index (χ2n) is 4.41. The quantitative estimate of drug-likeness (QED) is 0.895. The van der Waals surface area contributed by atoms with Gasteiger partial charge in [-0.15, -0.1) is 0 Å². The zero-order valence-electron chi connectivity index (χ0n) is 10.9. The Morgan fingerprint density at radius 1 is 1.05 bits per heavy atom. The van der Waals surface area contributed by atoms with Crippen LogP contribution >= 0.6 is 23.2 Å². The van der Waals surface area contributed by atoms with Crippen LogP contribution in [0.1, 0.15) is 11.1 Å². The predicted octanol–water partition coefficient (Wildman–Crippen LogP) is 3.93. The first-order chi connectivity index (χ1) is 9.97. The first-order valence-corrected chi connectivity index (χ1v) is 8.17. The van der Waals surface area contributed by atoms with E-state index < -0.39 is 16.8 Å². The van der Waals surface area contributed by atoms with Crippen molar-refractivity contribution >= 4 is 40.0 Å². The minimum atomic E-state index is -1.31. The highest BCUT2D eigenvalue weighted by Gasteiger charge is 2.12. The topological polar surface area (TPSA) is 54.4 Å². The molecular weight excluding hydrogens is 331 g/mol. The fourth-order valence-electron chi connectivity index (χ4n) is 1.88. The second kappa shape index (κ2) is 7.07. The molecule has 0 aliphatic carbocycles. The average molecular weight is 343 g/mol. The van der Waals surface area contributed by atoms with E-state index in [0.717, 1.165) is 5.56 Å². The van der Waals surface area contributed by atoms with Crippen molar-refractivity contribution in [1.29, 1.82) is 0 Å². The molecule has 0 radical (unpaired) electrons. The van der Waals surface area contributed by atoms with E-state index in [0.29, 0.717) is 20.5 Å². The molecular formula is C15H12Cl2O3S. The van der Waals surface area contributed by atoms with E-state index in [1.165, 1.54) is 0 Å². The van der Waals surface area contributed by atoms with Crippen molar-refractivity contribution in [2.75, 3.05) is 0 Å². The molecule has 0 amide bonds. The van der Waals surface area contributed by atoms with Crippen LogP contribution in [0.2, 0.25) is 10.0 Å². The first-order valence-electron chi connectivity index (χ1n) is 6.09. The van der Waals surface area contributed by atoms with Crippen LogP contribution in [0, 0.1) is 0 Å². The lowest BCUT2D eigenvalue weighted by molar-refractivity contribution is -0.136. The van der Waals surface area contributed by atoms with Gasteiger partial charge in [0.1, 0.15) is 0 Å². The number of hydrogen-bond donors (Lipinski definition) is 1. The van der Waals surface area contributed by atoms with Crippen molar-refractivity contribution in [3.05, 3.63) is 63.6 Å². The fraction of sp³-hybridized carbons (Fsp3) is 0.133. The number of carboxylic acid groups (broad SMARTS) is 1. The number of carbonyl (C=O) groups is 1. The molecule has 0 heterocycles. The third kappa shape index (κ3) is 4.30. The van der Waals surface area contributed by atoms with Gasteiger partial charge >= 0.3 is 5.97 Å². The van der Waals surface area contributed by atoms with Crippen LogP contribution in [0.5, 0.6) is 0 Å². The van der Waals surface area contributed by atoms with Crippen LogP contribution in [-0.2, 0) is 27.8 Å². The molecule has 0 saturated carbocycles. The summed E-state index contributed by atoms with van der Waals surface area (Å²) in [6.45, 7) is 0. The lowest BCUT2D eigenvalue weighted by Gasteiger charge is -2.08. The van der Waals surface area contributed by atoms with Gasteiger partial charge < -0.3 is 5.11 Å². The van der Waals surface area contributed by atoms with E-state index in [4.69, 9.17) is 28.3 Å². The normalized spacial score (nSPS) is 12.1. The molecule has 1 N–H and O–H groups in total. The molecule has 1 atom stereocenters. The summed E-state index contributed by atoms with van der Waals surface area (Å²) in [5.41, 5.74) is 1.42. The van der Waals surface area contributed by atoms with Crippen molar-refractivity contribution in [2.45, 2.75) is 17.1 Å². The molecule has 0 spiro atoms. The van der Waals surface area contributed by atoms with E-state index in [1.807, 2.05) is 0 Å². The van der Waals surface area contributed by atoms with Gasteiger partial charge in [0, 0.05) is 4.90 Å². The lowest BCUT2D eigenvalue weighted by Crippen LogP contribution is -2.05. The molecule has 0 aliphatic rings. The Hall–Kier alpha value is -1.36. The molecule has 2 aromatic rings. The Labute approximate surface area is 135 Å². The van der Waals surface area contributed by atoms with Gasteiger partial charge in [-0.1, -0.05) is 47.5 Å². The Balaban J connectivity index is 2.23. The maximum atomic E-state index is 12.4. The Kier molecular flexibility index (Phi) is 5.39. The van der Waals surface area contributed by atoms with Crippen LogP contribution < -0.4 is 0 Å². The first kappa shape index (κ1) is 16.0. The summed E-state index contributed by atoms with van der Waals surface area (Å²) in [5, 5.41) is 9.66. The van der Waals surface area contributed by atoms with Gasteiger partial charge in [-0.2, -0.15) is 0 Å². The van der Waals surface area contributed by atoms with Gasteiger partial charge in [-0.25, -0.2) is 0 Å². The van der Waals surface area contributed by atoms with Crippen molar-refractivity contribution in [1.82, 2.24) is 0 Å². The second-order valence-corrected chi connectivity index (χ2v) is 6.67. The van der Waals surface area contributed by atoms with Gasteiger partial charge in [0.25, 0.3) is 0 Å². The maximum absolute atomic E-state index is 12.4. The minimum absolute atomic E-state index is 0.0885. The highest BCUT2D eigenvalue weighted by molar-refractivity contribution is 7.84. The molecule has 3 nitrogen and oxygen atoms in total. The third-order valence-electron chi connectivity index (χ3n) is 2.90. The summed E-state index contributed by atoms with van der Waals surface area (Å²) in [4.78, 5) is 11.4. The number of aliphatic carboxylic acids is 1. The molecule has 6 heteroatoms. The summed E-state index contributed by atoms with van der Waals surface area (Å²) in [5.74, 6) is -0.677. The van der Waals surface area contributed by atoms with E-state index >= 15 is 0 Å². The van der Waals surface area contributed by atoms with Crippen LogP contribution in [0.4, 0.5) is 0 Å². The highest BCUT2D eigenvalue weighted by Crippen LogP contribution is 2.25. The van der Waals surface area contributed by atoms with Crippen molar-refractivity contribution in [3.63, 3.8) is 0 Å². The summed E-state index contributed by atoms with van der Waals surface area (Å²) in [6.07, 6.45) is -0.0885. The number of hydrogen-bond acceptors (Lipinski definition) is 2. The van der Waals surface area contributed by atoms with E-state index in [1.54, 1.807) is 42.5 Å². The van der Waals surface area contributed by atoms with Gasteiger partial charge in [0.15, 0.2) is 0 Å². The Bertz CT molecular complexity index is 701. The molecule has 21 heavy (non-hydrogen) atoms. The zero-order chi connectivity index (χ0) is 15.4. The van der Waals surface area contributed by atoms with Crippen LogP contribution in [0.15, 0.2) is 47.4 Å². The Morgan fingerprint density at radius 2 is 1.71 bits per heavy atom. The molecule has 0 saturated heterocycles. The summed E-state index contributed by atoms with van der Waals surface area (Å²) in [6, 6.07) is 11.9. The van der Waals surface area contributed by atoms with Crippen molar-refractivity contribution in [2.24, 2.45) is 0 Å². The monoisotopic (exact) mass is 342 g/mol. The number of rotatable bonds is 5. The minimum Gasteiger partial charge on any atom is -0.481 e. The smallest absolute Gasteiger partial charge is 0.307 e. The average Bonchev–Trinajstić information content (AvgIpc) is 2.43. The lowest BCUT2D eigenvalue weighted by atomic mass is 10.1. The number of benzene rings is 2. The van der Waals surface area contributed by atoms with Crippen molar-refractivity contribution in [3.8, 4) is 0 Å². The predicted molar refractivity (Wildman–Crippen MR) is 84.4 cm³/mol. The van der Waals surface area contributed by atoms with Gasteiger partial charge in [-0.05, 0) is 29.3 Å². The standard InChI is InChI=1S/C15H12Cl2O3S/c16-13-6-5-12(8-14(13)17)21(20)9-11-4-2-1-3-10(11)7-15(18)19/h1-6,8H,7,9H2,(H,18,19). The number of halogens is 2. The molecule has 2 aromatic carbocycles. The summed E-state index contributed by atoms with van der Waals surface area (Å²) in [7, 11) is -1.31. The SMILES string of the molecule is O=C(O)Cc1ccccc1CS(=O)c1ccc(Cl)c(Cl)c1. The Morgan fingerprint density at radius 3 is 2.33 bits per heavy atom. The third-order valence-corrected chi connectivity index (χ3v) is 4.99. The van der Waals surface area contributed by atoms with E-state index in [-0.39, 0.29) is 12.2 Å². The van der Waals surface area contributed by atoms with Crippen LogP contribution in [-0.4, -0.2) is 15.3 Å². The molecule has 1 unspecified atom stereocenters. The van der Waals surface area contributed by atoms with E-state index in [9.17, 15) is 9.00 Å².